The van der Waals surface area contributed by atoms with Crippen molar-refractivity contribution < 1.29 is 30.0 Å². The highest BCUT2D eigenvalue weighted by molar-refractivity contribution is 6.05. The lowest BCUT2D eigenvalue weighted by atomic mass is 10.1. The van der Waals surface area contributed by atoms with Crippen LogP contribution in [0.15, 0.2) is 93.3 Å². The Morgan fingerprint density at radius 1 is 0.559 bits per heavy atom. The number of hydrogen-bond acceptors (Lipinski definition) is 8. The van der Waals surface area contributed by atoms with Gasteiger partial charge in [-0.25, -0.2) is 9.59 Å². The van der Waals surface area contributed by atoms with Crippen molar-refractivity contribution in [2.45, 2.75) is 0 Å². The van der Waals surface area contributed by atoms with Gasteiger partial charge in [-0.05, 0) is 41.8 Å². The number of aromatic carboxylic acids is 2. The van der Waals surface area contributed by atoms with Gasteiger partial charge in [0.2, 0.25) is 0 Å². The minimum Gasteiger partial charge on any atom is -0.506 e. The van der Waals surface area contributed by atoms with Gasteiger partial charge in [0.1, 0.15) is 34.2 Å². The lowest BCUT2D eigenvalue weighted by molar-refractivity contribution is 0.0687. The van der Waals surface area contributed by atoms with Crippen LogP contribution in [0.2, 0.25) is 0 Å². The van der Waals surface area contributed by atoms with Crippen LogP contribution in [0.1, 0.15) is 20.7 Å². The number of phenols is 2. The Bertz CT molecular complexity index is 1390. The molecule has 0 bridgehead atoms. The van der Waals surface area contributed by atoms with E-state index in [1.807, 2.05) is 0 Å². The molecule has 168 valence electrons. The summed E-state index contributed by atoms with van der Waals surface area (Å²) in [5, 5.41) is 56.5. The predicted octanol–water partition coefficient (Wildman–Crippen LogP) is 6.48. The van der Waals surface area contributed by atoms with Gasteiger partial charge in [-0.2, -0.15) is 0 Å². The first kappa shape index (κ1) is 22.1. The van der Waals surface area contributed by atoms with Crippen LogP contribution in [0.4, 0.5) is 22.7 Å². The lowest BCUT2D eigenvalue weighted by Crippen LogP contribution is -1.95. The van der Waals surface area contributed by atoms with E-state index in [0.717, 1.165) is 0 Å². The summed E-state index contributed by atoms with van der Waals surface area (Å²) in [6.07, 6.45) is 0. The van der Waals surface area contributed by atoms with Crippen LogP contribution in [-0.4, -0.2) is 32.4 Å². The van der Waals surface area contributed by atoms with Crippen molar-refractivity contribution in [1.82, 2.24) is 0 Å². The summed E-state index contributed by atoms with van der Waals surface area (Å²) in [7, 11) is 0. The topological polar surface area (TPSA) is 164 Å². The molecule has 10 heteroatoms. The van der Waals surface area contributed by atoms with Gasteiger partial charge in [-0.15, -0.1) is 20.5 Å². The molecule has 0 aliphatic rings. The molecule has 0 aromatic heterocycles. The molecule has 0 aliphatic carbocycles. The number of benzene rings is 4. The molecule has 4 aromatic rings. The van der Waals surface area contributed by atoms with Crippen LogP contribution in [-0.2, 0) is 0 Å². The molecule has 0 atom stereocenters. The first-order chi connectivity index (χ1) is 16.4. The Balaban J connectivity index is 1.89. The highest BCUT2D eigenvalue weighted by Crippen LogP contribution is 2.45. The number of carboxylic acids is 2. The number of rotatable bonds is 6. The number of aromatic hydroxyl groups is 2. The summed E-state index contributed by atoms with van der Waals surface area (Å²) in [5.74, 6) is -2.98. The summed E-state index contributed by atoms with van der Waals surface area (Å²) in [4.78, 5) is 22.9. The van der Waals surface area contributed by atoms with E-state index in [1.54, 1.807) is 36.4 Å². The largest absolute Gasteiger partial charge is 0.506 e. The molecule has 0 heterocycles. The molecule has 4 aromatic carbocycles. The molecule has 0 fully saturated rings. The summed E-state index contributed by atoms with van der Waals surface area (Å²) in [6.45, 7) is 0. The molecule has 0 saturated carbocycles. The van der Waals surface area contributed by atoms with E-state index in [9.17, 15) is 30.0 Å². The van der Waals surface area contributed by atoms with Crippen molar-refractivity contribution in [3.8, 4) is 11.5 Å². The van der Waals surface area contributed by atoms with Gasteiger partial charge in [-0.3, -0.25) is 0 Å². The zero-order chi connectivity index (χ0) is 24.2. The maximum atomic E-state index is 11.5. The number of phenolic OH excluding ortho intramolecular Hbond substituents is 2. The monoisotopic (exact) mass is 456 g/mol. The number of carbonyl (C=O) groups is 2. The molecule has 0 unspecified atom stereocenters. The average molecular weight is 456 g/mol. The fourth-order valence-electron chi connectivity index (χ4n) is 3.25. The predicted molar refractivity (Wildman–Crippen MR) is 122 cm³/mol. The fraction of sp³-hybridized carbons (Fsp3) is 0. The normalized spacial score (nSPS) is 11.4. The quantitative estimate of drug-likeness (QED) is 0.242. The Labute approximate surface area is 191 Å². The zero-order valence-corrected chi connectivity index (χ0v) is 17.3. The average Bonchev–Trinajstić information content (AvgIpc) is 2.83. The second-order valence-electron chi connectivity index (χ2n) is 7.01. The zero-order valence-electron chi connectivity index (χ0n) is 17.3. The second-order valence-corrected chi connectivity index (χ2v) is 7.01. The molecule has 34 heavy (non-hydrogen) atoms. The van der Waals surface area contributed by atoms with Crippen LogP contribution in [0, 0.1) is 0 Å². The van der Waals surface area contributed by atoms with Crippen LogP contribution in [0.5, 0.6) is 11.5 Å². The molecule has 0 radical (unpaired) electrons. The van der Waals surface area contributed by atoms with E-state index in [-0.39, 0.29) is 50.8 Å². The van der Waals surface area contributed by atoms with Gasteiger partial charge in [-0.1, -0.05) is 36.4 Å². The summed E-state index contributed by atoms with van der Waals surface area (Å²) < 4.78 is 0. The Morgan fingerprint density at radius 3 is 1.38 bits per heavy atom. The van der Waals surface area contributed by atoms with Crippen molar-refractivity contribution >= 4 is 45.5 Å². The van der Waals surface area contributed by atoms with E-state index in [1.165, 1.54) is 36.4 Å². The third kappa shape index (κ3) is 4.28. The molecule has 0 amide bonds. The second kappa shape index (κ2) is 9.17. The van der Waals surface area contributed by atoms with Crippen molar-refractivity contribution in [2.24, 2.45) is 20.5 Å². The number of fused-ring (bicyclic) bond motifs is 1. The fourth-order valence-corrected chi connectivity index (χ4v) is 3.25. The van der Waals surface area contributed by atoms with Gasteiger partial charge < -0.3 is 20.4 Å². The van der Waals surface area contributed by atoms with E-state index in [2.05, 4.69) is 20.5 Å². The standard InChI is InChI=1S/C24H16N4O6/c29-18-11-9-13-10-12-19(30)22(28-26-17-8-4-2-6-15(17)24(33)34)20(13)21(18)27-25-16-7-3-1-5-14(16)23(31)32/h1-12,29-30H,(H,31,32)(H,33,34). The maximum Gasteiger partial charge on any atom is 0.337 e. The number of hydrogen-bond donors (Lipinski definition) is 4. The summed E-state index contributed by atoms with van der Waals surface area (Å²) >= 11 is 0. The molecular weight excluding hydrogens is 440 g/mol. The molecule has 4 rings (SSSR count). The molecule has 0 saturated heterocycles. The lowest BCUT2D eigenvalue weighted by Gasteiger charge is -2.09. The van der Waals surface area contributed by atoms with Crippen molar-refractivity contribution in [3.05, 3.63) is 83.9 Å². The first-order valence-electron chi connectivity index (χ1n) is 9.82. The third-order valence-electron chi connectivity index (χ3n) is 4.87. The number of carboxylic acid groups (broad SMARTS) is 2. The first-order valence-corrected chi connectivity index (χ1v) is 9.82. The molecule has 4 N–H and O–H groups in total. The van der Waals surface area contributed by atoms with E-state index in [4.69, 9.17) is 0 Å². The Morgan fingerprint density at radius 2 is 0.971 bits per heavy atom. The number of azo groups is 2. The van der Waals surface area contributed by atoms with Gasteiger partial charge >= 0.3 is 11.9 Å². The van der Waals surface area contributed by atoms with Crippen LogP contribution in [0.25, 0.3) is 10.8 Å². The summed E-state index contributed by atoms with van der Waals surface area (Å²) in [6, 6.07) is 17.8. The Hall–Kier alpha value is -5.12. The molecular formula is C24H16N4O6. The van der Waals surface area contributed by atoms with Crippen LogP contribution < -0.4 is 0 Å². The van der Waals surface area contributed by atoms with Crippen LogP contribution >= 0.6 is 0 Å². The van der Waals surface area contributed by atoms with Gasteiger partial charge in [0.05, 0.1) is 11.1 Å². The van der Waals surface area contributed by atoms with Gasteiger partial charge in [0.15, 0.2) is 0 Å². The molecule has 10 nitrogen and oxygen atoms in total. The molecule has 0 spiro atoms. The van der Waals surface area contributed by atoms with Gasteiger partial charge in [0.25, 0.3) is 0 Å². The van der Waals surface area contributed by atoms with E-state index >= 15 is 0 Å². The van der Waals surface area contributed by atoms with E-state index < -0.39 is 11.9 Å². The van der Waals surface area contributed by atoms with E-state index in [0.29, 0.717) is 5.39 Å². The van der Waals surface area contributed by atoms with Crippen molar-refractivity contribution in [2.75, 3.05) is 0 Å². The smallest absolute Gasteiger partial charge is 0.337 e. The SMILES string of the molecule is O=C(O)c1ccccc1N=Nc1c(O)ccc2ccc(O)c(N=Nc3ccccc3C(=O)O)c12. The highest BCUT2D eigenvalue weighted by atomic mass is 16.4. The number of nitrogens with zero attached hydrogens (tertiary/aromatic N) is 4. The highest BCUT2D eigenvalue weighted by Gasteiger charge is 2.16. The van der Waals surface area contributed by atoms with Gasteiger partial charge in [0, 0.05) is 5.39 Å². The Kier molecular flexibility index (Phi) is 5.95. The maximum absolute atomic E-state index is 11.5. The minimum atomic E-state index is -1.19. The minimum absolute atomic E-state index is 0.0603. The third-order valence-corrected chi connectivity index (χ3v) is 4.87. The summed E-state index contributed by atoms with van der Waals surface area (Å²) in [5.41, 5.74) is -0.198. The van der Waals surface area contributed by atoms with Crippen molar-refractivity contribution in [1.29, 1.82) is 0 Å². The van der Waals surface area contributed by atoms with Crippen LogP contribution in [0.3, 0.4) is 0 Å². The molecule has 0 aliphatic heterocycles. The van der Waals surface area contributed by atoms with Crippen molar-refractivity contribution in [3.63, 3.8) is 0 Å².